The summed E-state index contributed by atoms with van der Waals surface area (Å²) in [4.78, 5) is 4.41. The van der Waals surface area contributed by atoms with Crippen LogP contribution in [-0.4, -0.2) is 23.9 Å². The summed E-state index contributed by atoms with van der Waals surface area (Å²) in [7, 11) is 1.58. The van der Waals surface area contributed by atoms with E-state index in [9.17, 15) is 0 Å². The number of ether oxygens (including phenoxy) is 2. The smallest absolute Gasteiger partial charge is 0.250 e. The molecule has 2 N–H and O–H groups in total. The lowest BCUT2D eigenvalue weighted by atomic mass is 9.99. The molecule has 0 unspecified atom stereocenters. The van der Waals surface area contributed by atoms with Crippen LogP contribution in [0.3, 0.4) is 0 Å². The van der Waals surface area contributed by atoms with E-state index in [1.165, 1.54) is 0 Å². The zero-order chi connectivity index (χ0) is 17.9. The van der Waals surface area contributed by atoms with E-state index in [1.807, 2.05) is 19.1 Å². The fourth-order valence-electron chi connectivity index (χ4n) is 3.02. The van der Waals surface area contributed by atoms with Crippen molar-refractivity contribution in [1.29, 1.82) is 0 Å². The molecule has 0 bridgehead atoms. The summed E-state index contributed by atoms with van der Waals surface area (Å²) >= 11 is 6.28. The standard InChI is InChI=1S/C18H22ClN3O3/c1-3-24-16-13(19)10-12(11-14(16)23-2)6-7-15-21-17(22-25-15)18(20)8-4-5-9-18/h6-7,10-11H,3-5,8-9,20H2,1-2H3/b7-6+. The van der Waals surface area contributed by atoms with Crippen LogP contribution < -0.4 is 15.2 Å². The van der Waals surface area contributed by atoms with Crippen LogP contribution in [0.15, 0.2) is 16.7 Å². The van der Waals surface area contributed by atoms with E-state index in [0.717, 1.165) is 31.2 Å². The number of hydrogen-bond donors (Lipinski definition) is 1. The summed E-state index contributed by atoms with van der Waals surface area (Å²) < 4.78 is 16.2. The van der Waals surface area contributed by atoms with Gasteiger partial charge in [-0.2, -0.15) is 4.98 Å². The van der Waals surface area contributed by atoms with Gasteiger partial charge in [-0.3, -0.25) is 0 Å². The first-order valence-electron chi connectivity index (χ1n) is 8.37. The molecule has 1 aliphatic carbocycles. The van der Waals surface area contributed by atoms with Crippen molar-refractivity contribution < 1.29 is 14.0 Å². The highest BCUT2D eigenvalue weighted by Crippen LogP contribution is 2.37. The number of methoxy groups -OCH3 is 1. The first kappa shape index (κ1) is 17.8. The molecule has 1 heterocycles. The van der Waals surface area contributed by atoms with E-state index in [-0.39, 0.29) is 0 Å². The minimum absolute atomic E-state index is 0.413. The van der Waals surface area contributed by atoms with Crippen LogP contribution in [0.4, 0.5) is 0 Å². The van der Waals surface area contributed by atoms with Crippen molar-refractivity contribution in [3.05, 3.63) is 34.4 Å². The van der Waals surface area contributed by atoms with Crippen LogP contribution in [-0.2, 0) is 5.54 Å². The van der Waals surface area contributed by atoms with Gasteiger partial charge in [0.25, 0.3) is 5.89 Å². The van der Waals surface area contributed by atoms with Crippen LogP contribution in [0, 0.1) is 0 Å². The van der Waals surface area contributed by atoms with Crippen molar-refractivity contribution in [2.45, 2.75) is 38.1 Å². The van der Waals surface area contributed by atoms with Crippen LogP contribution in [0.2, 0.25) is 5.02 Å². The lowest BCUT2D eigenvalue weighted by Crippen LogP contribution is -2.34. The monoisotopic (exact) mass is 363 g/mol. The largest absolute Gasteiger partial charge is 0.493 e. The third-order valence-electron chi connectivity index (χ3n) is 4.34. The first-order chi connectivity index (χ1) is 12.1. The predicted molar refractivity (Wildman–Crippen MR) is 96.7 cm³/mol. The lowest BCUT2D eigenvalue weighted by molar-refractivity contribution is 0.311. The van der Waals surface area contributed by atoms with Crippen molar-refractivity contribution in [2.24, 2.45) is 5.73 Å². The summed E-state index contributed by atoms with van der Waals surface area (Å²) in [6.45, 7) is 2.40. The SMILES string of the molecule is CCOc1c(Cl)cc(/C=C/c2nc(C3(N)CCCC3)no2)cc1OC. The van der Waals surface area contributed by atoms with E-state index in [1.54, 1.807) is 19.3 Å². The predicted octanol–water partition coefficient (Wildman–Crippen LogP) is 4.03. The molecule has 134 valence electrons. The Kier molecular flexibility index (Phi) is 5.30. The van der Waals surface area contributed by atoms with Gasteiger partial charge in [0.15, 0.2) is 17.3 Å². The van der Waals surface area contributed by atoms with E-state index in [4.69, 9.17) is 31.3 Å². The number of nitrogens with two attached hydrogens (primary N) is 1. The molecular weight excluding hydrogens is 342 g/mol. The van der Waals surface area contributed by atoms with Gasteiger partial charge in [0.05, 0.1) is 24.3 Å². The average Bonchev–Trinajstić information content (AvgIpc) is 3.25. The Labute approximate surface area is 151 Å². The van der Waals surface area contributed by atoms with Crippen LogP contribution >= 0.6 is 11.6 Å². The number of hydrogen-bond acceptors (Lipinski definition) is 6. The van der Waals surface area contributed by atoms with Gasteiger partial charge >= 0.3 is 0 Å². The fraction of sp³-hybridized carbons (Fsp3) is 0.444. The summed E-state index contributed by atoms with van der Waals surface area (Å²) in [6.07, 6.45) is 7.55. The molecule has 0 amide bonds. The Morgan fingerprint density at radius 1 is 1.32 bits per heavy atom. The molecule has 0 atom stereocenters. The second kappa shape index (κ2) is 7.45. The molecule has 0 spiro atoms. The molecule has 0 aliphatic heterocycles. The average molecular weight is 364 g/mol. The van der Waals surface area contributed by atoms with Gasteiger partial charge in [-0.05, 0) is 43.5 Å². The van der Waals surface area contributed by atoms with Crippen LogP contribution in [0.5, 0.6) is 11.5 Å². The molecule has 1 aromatic heterocycles. The molecule has 6 nitrogen and oxygen atoms in total. The maximum Gasteiger partial charge on any atom is 0.250 e. The second-order valence-electron chi connectivity index (χ2n) is 6.12. The van der Waals surface area contributed by atoms with E-state index in [2.05, 4.69) is 10.1 Å². The van der Waals surface area contributed by atoms with Crippen molar-refractivity contribution in [2.75, 3.05) is 13.7 Å². The van der Waals surface area contributed by atoms with E-state index < -0.39 is 5.54 Å². The number of halogens is 1. The molecular formula is C18H22ClN3O3. The quantitative estimate of drug-likeness (QED) is 0.834. The van der Waals surface area contributed by atoms with Gasteiger partial charge in [0.1, 0.15) is 0 Å². The third-order valence-corrected chi connectivity index (χ3v) is 4.62. The van der Waals surface area contributed by atoms with Gasteiger partial charge < -0.3 is 19.7 Å². The molecule has 1 aliphatic rings. The minimum Gasteiger partial charge on any atom is -0.493 e. The van der Waals surface area contributed by atoms with Gasteiger partial charge in [0, 0.05) is 6.08 Å². The number of aromatic nitrogens is 2. The molecule has 0 saturated heterocycles. The number of rotatable bonds is 6. The maximum atomic E-state index is 6.35. The van der Waals surface area contributed by atoms with Gasteiger partial charge in [-0.15, -0.1) is 0 Å². The Morgan fingerprint density at radius 2 is 2.08 bits per heavy atom. The Hall–Kier alpha value is -2.05. The van der Waals surface area contributed by atoms with E-state index >= 15 is 0 Å². The van der Waals surface area contributed by atoms with Crippen molar-refractivity contribution >= 4 is 23.8 Å². The minimum atomic E-state index is -0.457. The van der Waals surface area contributed by atoms with Crippen molar-refractivity contribution in [1.82, 2.24) is 10.1 Å². The molecule has 1 saturated carbocycles. The fourth-order valence-corrected chi connectivity index (χ4v) is 3.30. The van der Waals surface area contributed by atoms with Gasteiger partial charge in [-0.1, -0.05) is 29.6 Å². The molecule has 7 heteroatoms. The summed E-state index contributed by atoms with van der Waals surface area (Å²) in [5.74, 6) is 2.10. The summed E-state index contributed by atoms with van der Waals surface area (Å²) in [6, 6.07) is 3.64. The molecule has 1 aromatic carbocycles. The first-order valence-corrected chi connectivity index (χ1v) is 8.75. The second-order valence-corrected chi connectivity index (χ2v) is 6.53. The molecule has 0 radical (unpaired) electrons. The zero-order valence-corrected chi connectivity index (χ0v) is 15.2. The van der Waals surface area contributed by atoms with Crippen LogP contribution in [0.25, 0.3) is 12.2 Å². The highest BCUT2D eigenvalue weighted by molar-refractivity contribution is 6.32. The van der Waals surface area contributed by atoms with E-state index in [0.29, 0.717) is 34.8 Å². The maximum absolute atomic E-state index is 6.35. The lowest BCUT2D eigenvalue weighted by Gasteiger charge is -2.17. The van der Waals surface area contributed by atoms with Crippen molar-refractivity contribution in [3.63, 3.8) is 0 Å². The highest BCUT2D eigenvalue weighted by atomic mass is 35.5. The Bertz CT molecular complexity index is 767. The van der Waals surface area contributed by atoms with Gasteiger partial charge in [0.2, 0.25) is 0 Å². The zero-order valence-electron chi connectivity index (χ0n) is 14.4. The molecule has 2 aromatic rings. The molecule has 1 fully saturated rings. The Balaban J connectivity index is 1.80. The summed E-state index contributed by atoms with van der Waals surface area (Å²) in [5.41, 5.74) is 6.73. The molecule has 25 heavy (non-hydrogen) atoms. The third kappa shape index (κ3) is 3.80. The van der Waals surface area contributed by atoms with Crippen LogP contribution in [0.1, 0.15) is 49.9 Å². The highest BCUT2D eigenvalue weighted by Gasteiger charge is 2.35. The molecule has 3 rings (SSSR count). The van der Waals surface area contributed by atoms with Gasteiger partial charge in [-0.25, -0.2) is 0 Å². The summed E-state index contributed by atoms with van der Waals surface area (Å²) in [5, 5.41) is 4.52. The van der Waals surface area contributed by atoms with Crippen molar-refractivity contribution in [3.8, 4) is 11.5 Å². The Morgan fingerprint density at radius 3 is 2.76 bits per heavy atom. The number of nitrogens with zero attached hydrogens (tertiary/aromatic N) is 2. The normalized spacial score (nSPS) is 16.5. The number of benzene rings is 1. The topological polar surface area (TPSA) is 83.4 Å².